The van der Waals surface area contributed by atoms with E-state index in [4.69, 9.17) is 16.3 Å². The van der Waals surface area contributed by atoms with Crippen molar-refractivity contribution < 1.29 is 9.84 Å². The number of hydrogen-bond acceptors (Lipinski definition) is 3. The van der Waals surface area contributed by atoms with Crippen molar-refractivity contribution in [2.45, 2.75) is 116 Å². The Morgan fingerprint density at radius 3 is 2.79 bits per heavy atom. The Hall–Kier alpha value is -0.0900. The van der Waals surface area contributed by atoms with E-state index in [9.17, 15) is 5.11 Å². The summed E-state index contributed by atoms with van der Waals surface area (Å²) in [5.41, 5.74) is 2.40. The number of allylic oxidation sites excluding steroid dienone is 1. The van der Waals surface area contributed by atoms with Gasteiger partial charge in [0.2, 0.25) is 0 Å². The van der Waals surface area contributed by atoms with Crippen LogP contribution in [0.25, 0.3) is 0 Å². The molecule has 1 spiro atoms. The first-order valence-corrected chi connectivity index (χ1v) is 15.1. The third-order valence-electron chi connectivity index (χ3n) is 12.4. The van der Waals surface area contributed by atoms with Crippen molar-refractivity contribution in [3.05, 3.63) is 11.6 Å². The number of halogens is 1. The molecule has 2 heterocycles. The summed E-state index contributed by atoms with van der Waals surface area (Å²) >= 11 is 6.26. The van der Waals surface area contributed by atoms with Gasteiger partial charge in [0, 0.05) is 30.9 Å². The molecule has 5 unspecified atom stereocenters. The zero-order chi connectivity index (χ0) is 23.9. The first-order valence-electron chi connectivity index (χ1n) is 14.6. The lowest BCUT2D eigenvalue weighted by Gasteiger charge is -2.51. The van der Waals surface area contributed by atoms with Gasteiger partial charge in [-0.1, -0.05) is 45.8 Å². The minimum absolute atomic E-state index is 0.0594. The summed E-state index contributed by atoms with van der Waals surface area (Å²) in [6, 6.07) is 0.551. The standard InChI is InChI=1S/C30H48ClNO2/c1-5-29-16-25-23(7-6-21-15-22(33)8-10-28(21,25)4)24(29)9-11-30(18-29)20(3)27-26(34-30)14-19(2)17-32(27)13-12-31/h6,19-20,22-27,33H,5,7-18H2,1-4H3/t19?,20-,22+,23?,24+,25+,26-,27+,28?,29?,30?/m1/s1. The molecule has 4 aliphatic carbocycles. The fraction of sp³-hybridized carbons (Fsp3) is 0.933. The van der Waals surface area contributed by atoms with Gasteiger partial charge in [-0.2, -0.15) is 0 Å². The molecule has 0 radical (unpaired) electrons. The van der Waals surface area contributed by atoms with Crippen molar-refractivity contribution in [3.8, 4) is 0 Å². The average Bonchev–Trinajstić information content (AvgIpc) is 3.27. The Morgan fingerprint density at radius 2 is 2.03 bits per heavy atom. The Labute approximate surface area is 213 Å². The van der Waals surface area contributed by atoms with Crippen LogP contribution in [0, 0.1) is 40.4 Å². The predicted molar refractivity (Wildman–Crippen MR) is 139 cm³/mol. The molecule has 0 amide bonds. The molecule has 5 fully saturated rings. The highest BCUT2D eigenvalue weighted by molar-refractivity contribution is 6.18. The van der Waals surface area contributed by atoms with Gasteiger partial charge in [-0.25, -0.2) is 0 Å². The molecule has 0 aromatic rings. The molecule has 0 bridgehead atoms. The number of nitrogens with zero attached hydrogens (tertiary/aromatic N) is 1. The van der Waals surface area contributed by atoms with Crippen LogP contribution in [0.15, 0.2) is 11.6 Å². The number of hydrogen-bond donors (Lipinski definition) is 1. The normalized spacial score (nSPS) is 54.8. The van der Waals surface area contributed by atoms with Crippen LogP contribution in [0.5, 0.6) is 0 Å². The second-order valence-corrected chi connectivity index (χ2v) is 14.2. The van der Waals surface area contributed by atoms with Crippen LogP contribution >= 0.6 is 11.6 Å². The van der Waals surface area contributed by atoms with Crippen LogP contribution in [0.2, 0.25) is 0 Å². The van der Waals surface area contributed by atoms with Crippen LogP contribution in [0.3, 0.4) is 0 Å². The molecule has 0 aromatic carbocycles. The van der Waals surface area contributed by atoms with E-state index in [1.165, 1.54) is 57.9 Å². The first-order chi connectivity index (χ1) is 16.2. The predicted octanol–water partition coefficient (Wildman–Crippen LogP) is 6.42. The summed E-state index contributed by atoms with van der Waals surface area (Å²) in [5.74, 6) is 4.51. The third kappa shape index (κ3) is 3.38. The second kappa shape index (κ2) is 8.47. The van der Waals surface area contributed by atoms with Gasteiger partial charge in [0.25, 0.3) is 0 Å². The molecule has 6 aliphatic rings. The van der Waals surface area contributed by atoms with Crippen LogP contribution < -0.4 is 0 Å². The van der Waals surface area contributed by atoms with Gasteiger partial charge in [-0.3, -0.25) is 4.90 Å². The summed E-state index contributed by atoms with van der Waals surface area (Å²) in [6.45, 7) is 12.2. The Balaban J connectivity index is 1.29. The van der Waals surface area contributed by atoms with Crippen molar-refractivity contribution in [3.63, 3.8) is 0 Å². The highest BCUT2D eigenvalue weighted by Crippen LogP contribution is 2.70. The van der Waals surface area contributed by atoms with Gasteiger partial charge in [-0.15, -0.1) is 11.6 Å². The number of alkyl halides is 1. The zero-order valence-corrected chi connectivity index (χ0v) is 22.8. The number of piperidine rings is 1. The third-order valence-corrected chi connectivity index (χ3v) is 12.6. The van der Waals surface area contributed by atoms with E-state index in [1.54, 1.807) is 5.57 Å². The molecule has 6 rings (SSSR count). The number of aliphatic hydroxyl groups excluding tert-OH is 1. The summed E-state index contributed by atoms with van der Waals surface area (Å²) in [7, 11) is 0. The zero-order valence-electron chi connectivity index (χ0n) is 22.1. The van der Waals surface area contributed by atoms with Crippen molar-refractivity contribution in [1.29, 1.82) is 0 Å². The number of rotatable bonds is 3. The Kier molecular flexibility index (Phi) is 6.04. The molecule has 0 aromatic heterocycles. The van der Waals surface area contributed by atoms with E-state index in [2.05, 4.69) is 38.7 Å². The highest BCUT2D eigenvalue weighted by atomic mass is 35.5. The Bertz CT molecular complexity index is 831. The van der Waals surface area contributed by atoms with Crippen LogP contribution in [-0.4, -0.2) is 52.8 Å². The van der Waals surface area contributed by atoms with E-state index in [0.717, 1.165) is 43.0 Å². The lowest BCUT2D eigenvalue weighted by atomic mass is 9.56. The maximum atomic E-state index is 10.4. The average molecular weight is 490 g/mol. The molecule has 2 aliphatic heterocycles. The fourth-order valence-electron chi connectivity index (χ4n) is 10.8. The van der Waals surface area contributed by atoms with Gasteiger partial charge >= 0.3 is 0 Å². The lowest BCUT2D eigenvalue weighted by Crippen LogP contribution is -2.53. The summed E-state index contributed by atoms with van der Waals surface area (Å²) in [6.07, 6.45) is 15.0. The molecule has 3 nitrogen and oxygen atoms in total. The highest BCUT2D eigenvalue weighted by Gasteiger charge is 2.66. The molecule has 1 N–H and O–H groups in total. The molecule has 3 saturated carbocycles. The SMILES string of the molecule is CCC12C[C@H]3C(CC=C4C[C@@H](O)CCC43C)[C@@H]1CCC1(C2)O[C@@H]2CC(C)CN(CCCl)[C@H]2[C@H]1C. The van der Waals surface area contributed by atoms with Crippen molar-refractivity contribution in [2.24, 2.45) is 40.4 Å². The van der Waals surface area contributed by atoms with E-state index in [1.807, 2.05) is 0 Å². The van der Waals surface area contributed by atoms with Gasteiger partial charge < -0.3 is 9.84 Å². The minimum atomic E-state index is -0.114. The van der Waals surface area contributed by atoms with Crippen LogP contribution in [0.4, 0.5) is 0 Å². The quantitative estimate of drug-likeness (QED) is 0.366. The smallest absolute Gasteiger partial charge is 0.0744 e. The summed E-state index contributed by atoms with van der Waals surface area (Å²) < 4.78 is 7.26. The van der Waals surface area contributed by atoms with Crippen molar-refractivity contribution in [1.82, 2.24) is 4.90 Å². The molecular weight excluding hydrogens is 442 g/mol. The van der Waals surface area contributed by atoms with E-state index in [-0.39, 0.29) is 11.7 Å². The lowest BCUT2D eigenvalue weighted by molar-refractivity contribution is -0.133. The van der Waals surface area contributed by atoms with Gasteiger partial charge in [0.1, 0.15) is 0 Å². The summed E-state index contributed by atoms with van der Waals surface area (Å²) in [5, 5.41) is 10.4. The van der Waals surface area contributed by atoms with Crippen molar-refractivity contribution in [2.75, 3.05) is 19.0 Å². The molecule has 2 saturated heterocycles. The largest absolute Gasteiger partial charge is 0.393 e. The fourth-order valence-corrected chi connectivity index (χ4v) is 11.0. The van der Waals surface area contributed by atoms with Crippen LogP contribution in [-0.2, 0) is 4.74 Å². The van der Waals surface area contributed by atoms with Crippen molar-refractivity contribution >= 4 is 11.6 Å². The first kappa shape index (κ1) is 24.3. The molecule has 192 valence electrons. The molecule has 34 heavy (non-hydrogen) atoms. The van der Waals surface area contributed by atoms with Crippen LogP contribution in [0.1, 0.15) is 91.9 Å². The van der Waals surface area contributed by atoms with E-state index in [0.29, 0.717) is 34.8 Å². The molecular formula is C30H48ClNO2. The number of fused-ring (bicyclic) bond motifs is 6. The van der Waals surface area contributed by atoms with E-state index < -0.39 is 0 Å². The van der Waals surface area contributed by atoms with Gasteiger partial charge in [-0.05, 0) is 92.3 Å². The van der Waals surface area contributed by atoms with Gasteiger partial charge in [0.15, 0.2) is 0 Å². The molecule has 11 atom stereocenters. The molecule has 4 heteroatoms. The minimum Gasteiger partial charge on any atom is -0.393 e. The number of ether oxygens (including phenoxy) is 1. The van der Waals surface area contributed by atoms with Gasteiger partial charge in [0.05, 0.1) is 17.8 Å². The maximum absolute atomic E-state index is 10.4. The summed E-state index contributed by atoms with van der Waals surface area (Å²) in [4.78, 5) is 2.69. The van der Waals surface area contributed by atoms with E-state index >= 15 is 0 Å². The maximum Gasteiger partial charge on any atom is 0.0744 e. The second-order valence-electron chi connectivity index (χ2n) is 13.8. The monoisotopic (exact) mass is 489 g/mol. The number of aliphatic hydroxyl groups is 1. The topological polar surface area (TPSA) is 32.7 Å². The number of likely N-dealkylation sites (tertiary alicyclic amines) is 1. The Morgan fingerprint density at radius 1 is 1.21 bits per heavy atom.